The van der Waals surface area contributed by atoms with Crippen LogP contribution in [0.5, 0.6) is 0 Å². The van der Waals surface area contributed by atoms with Crippen LogP contribution in [0.1, 0.15) is 6.92 Å². The summed E-state index contributed by atoms with van der Waals surface area (Å²) in [5.41, 5.74) is 0. The lowest BCUT2D eigenvalue weighted by Gasteiger charge is -2.32. The van der Waals surface area contributed by atoms with E-state index in [1.165, 1.54) is 0 Å². The van der Waals surface area contributed by atoms with E-state index in [2.05, 4.69) is 0 Å². The summed E-state index contributed by atoms with van der Waals surface area (Å²) in [6.45, 7) is -1.25. The fraction of sp³-hybridized carbons (Fsp3) is 0.875. The topological polar surface area (TPSA) is 29.1 Å². The van der Waals surface area contributed by atoms with Gasteiger partial charge in [-0.25, -0.2) is 8.78 Å². The van der Waals surface area contributed by atoms with Gasteiger partial charge in [-0.05, 0) is 6.92 Å². The maximum atomic E-state index is 12.9. The number of carbonyl (C=O) groups excluding carboxylic acids is 1. The summed E-state index contributed by atoms with van der Waals surface area (Å²) in [6, 6.07) is 0. The summed E-state index contributed by atoms with van der Waals surface area (Å²) in [6.07, 6.45) is -4.99. The zero-order valence-corrected chi connectivity index (χ0v) is 9.93. The van der Waals surface area contributed by atoms with Crippen LogP contribution in [0.4, 0.5) is 35.1 Å². The molecule has 0 spiro atoms. The van der Waals surface area contributed by atoms with Gasteiger partial charge in [0, 0.05) is 0 Å². The van der Waals surface area contributed by atoms with Crippen LogP contribution in [0.15, 0.2) is 0 Å². The summed E-state index contributed by atoms with van der Waals surface area (Å²) in [4.78, 5) is 10.7. The zero-order chi connectivity index (χ0) is 15.6. The number of nitrogens with one attached hydrogen (secondary N) is 1. The molecule has 19 heavy (non-hydrogen) atoms. The molecular formula is C8H8ClF8NO. The van der Waals surface area contributed by atoms with E-state index in [1.807, 2.05) is 0 Å². The van der Waals surface area contributed by atoms with E-state index in [0.717, 1.165) is 12.2 Å². The third-order valence-electron chi connectivity index (χ3n) is 2.00. The third kappa shape index (κ3) is 3.61. The van der Waals surface area contributed by atoms with E-state index < -0.39 is 42.0 Å². The Morgan fingerprint density at radius 1 is 1.16 bits per heavy atom. The molecular weight excluding hydrogens is 314 g/mol. The lowest BCUT2D eigenvalue weighted by molar-refractivity contribution is -0.336. The largest absolute Gasteiger partial charge is 0.379 e. The molecule has 1 atom stereocenters. The van der Waals surface area contributed by atoms with Gasteiger partial charge < -0.3 is 5.32 Å². The minimum absolute atomic E-state index is 1.00. The molecule has 114 valence electrons. The van der Waals surface area contributed by atoms with Crippen molar-refractivity contribution < 1.29 is 39.9 Å². The maximum absolute atomic E-state index is 12.9. The molecule has 0 aliphatic rings. The summed E-state index contributed by atoms with van der Waals surface area (Å²) in [5.74, 6) is -19.5. The molecule has 0 saturated carbocycles. The average molecular weight is 322 g/mol. The maximum Gasteiger partial charge on any atom is 0.379 e. The molecule has 11 heteroatoms. The van der Waals surface area contributed by atoms with E-state index in [9.17, 15) is 39.9 Å². The van der Waals surface area contributed by atoms with Crippen molar-refractivity contribution in [3.8, 4) is 0 Å². The Hall–Kier alpha value is -0.800. The van der Waals surface area contributed by atoms with Crippen LogP contribution in [0.3, 0.4) is 0 Å². The zero-order valence-electron chi connectivity index (χ0n) is 9.17. The first-order valence-electron chi connectivity index (χ1n) is 4.60. The van der Waals surface area contributed by atoms with E-state index >= 15 is 0 Å². The van der Waals surface area contributed by atoms with Crippen molar-refractivity contribution in [2.75, 3.05) is 6.54 Å². The van der Waals surface area contributed by atoms with Crippen LogP contribution >= 0.6 is 11.6 Å². The second-order valence-corrected chi connectivity index (χ2v) is 4.19. The molecule has 1 N–H and O–H groups in total. The summed E-state index contributed by atoms with van der Waals surface area (Å²) in [7, 11) is 0. The first-order chi connectivity index (χ1) is 8.27. The second kappa shape index (κ2) is 5.68. The number of alkyl halides is 9. The predicted molar refractivity (Wildman–Crippen MR) is 49.2 cm³/mol. The highest BCUT2D eigenvalue weighted by molar-refractivity contribution is 6.30. The molecule has 0 fully saturated rings. The molecule has 2 nitrogen and oxygen atoms in total. The number of carbonyl (C=O) groups is 1. The van der Waals surface area contributed by atoms with E-state index in [4.69, 9.17) is 11.6 Å². The highest BCUT2D eigenvalue weighted by Crippen LogP contribution is 2.48. The molecule has 0 heterocycles. The SMILES string of the molecule is C[C@@H](Cl)C(=O)NCC(F)(F)C(F)(F)C(F)(F)C(F)F. The Morgan fingerprint density at radius 3 is 1.89 bits per heavy atom. The van der Waals surface area contributed by atoms with Crippen molar-refractivity contribution in [2.24, 2.45) is 0 Å². The third-order valence-corrected chi connectivity index (χ3v) is 2.20. The first kappa shape index (κ1) is 18.2. The van der Waals surface area contributed by atoms with Gasteiger partial charge in [-0.15, -0.1) is 11.6 Å². The van der Waals surface area contributed by atoms with Crippen LogP contribution in [-0.2, 0) is 4.79 Å². The molecule has 0 bridgehead atoms. The smallest absolute Gasteiger partial charge is 0.349 e. The number of halogens is 9. The lowest BCUT2D eigenvalue weighted by Crippen LogP contribution is -2.61. The van der Waals surface area contributed by atoms with Crippen molar-refractivity contribution in [3.05, 3.63) is 0 Å². The van der Waals surface area contributed by atoms with Gasteiger partial charge in [0.25, 0.3) is 0 Å². The van der Waals surface area contributed by atoms with Gasteiger partial charge in [0.15, 0.2) is 0 Å². The van der Waals surface area contributed by atoms with Crippen LogP contribution in [-0.4, -0.2) is 42.0 Å². The Morgan fingerprint density at radius 2 is 1.58 bits per heavy atom. The number of hydrogen-bond donors (Lipinski definition) is 1. The molecule has 0 aromatic heterocycles. The van der Waals surface area contributed by atoms with E-state index in [0.29, 0.717) is 0 Å². The van der Waals surface area contributed by atoms with Crippen molar-refractivity contribution in [2.45, 2.75) is 36.5 Å². The van der Waals surface area contributed by atoms with Crippen molar-refractivity contribution >= 4 is 17.5 Å². The Bertz CT molecular complexity index is 333. The van der Waals surface area contributed by atoms with Gasteiger partial charge in [-0.1, -0.05) is 0 Å². The second-order valence-electron chi connectivity index (χ2n) is 3.54. The van der Waals surface area contributed by atoms with E-state index in [1.54, 1.807) is 0 Å². The summed E-state index contributed by atoms with van der Waals surface area (Å²) >= 11 is 5.10. The molecule has 0 unspecified atom stereocenters. The minimum atomic E-state index is -6.34. The quantitative estimate of drug-likeness (QED) is 0.591. The standard InChI is InChI=1S/C8H8ClF8NO/c1-3(9)4(19)18-2-6(12,13)8(16,17)7(14,15)5(10)11/h3,5H,2H2,1H3,(H,18,19)/t3-/m1/s1. The fourth-order valence-electron chi connectivity index (χ4n) is 0.831. The Labute approximate surface area is 107 Å². The molecule has 0 aromatic rings. The average Bonchev–Trinajstić information content (AvgIpc) is 2.24. The number of hydrogen-bond acceptors (Lipinski definition) is 1. The summed E-state index contributed by atoms with van der Waals surface area (Å²) in [5, 5.41) is -0.228. The Balaban J connectivity index is 5.03. The van der Waals surface area contributed by atoms with Crippen LogP contribution in [0.25, 0.3) is 0 Å². The molecule has 0 radical (unpaired) electrons. The number of amides is 1. The molecule has 1 amide bonds. The van der Waals surface area contributed by atoms with Crippen molar-refractivity contribution in [3.63, 3.8) is 0 Å². The summed E-state index contributed by atoms with van der Waals surface area (Å²) < 4.78 is 99.3. The van der Waals surface area contributed by atoms with Crippen LogP contribution < -0.4 is 5.32 Å². The highest BCUT2D eigenvalue weighted by Gasteiger charge is 2.75. The van der Waals surface area contributed by atoms with Gasteiger partial charge in [-0.3, -0.25) is 4.79 Å². The van der Waals surface area contributed by atoms with Crippen LogP contribution in [0.2, 0.25) is 0 Å². The molecule has 0 aromatic carbocycles. The van der Waals surface area contributed by atoms with Crippen molar-refractivity contribution in [1.29, 1.82) is 0 Å². The fourth-order valence-corrected chi connectivity index (χ4v) is 0.908. The van der Waals surface area contributed by atoms with Gasteiger partial charge >= 0.3 is 24.2 Å². The highest BCUT2D eigenvalue weighted by atomic mass is 35.5. The predicted octanol–water partition coefficient (Wildman–Crippen LogP) is 2.90. The van der Waals surface area contributed by atoms with Gasteiger partial charge in [0.1, 0.15) is 5.38 Å². The van der Waals surface area contributed by atoms with Crippen molar-refractivity contribution in [1.82, 2.24) is 5.32 Å². The molecule has 0 rings (SSSR count). The lowest BCUT2D eigenvalue weighted by atomic mass is 10.0. The molecule has 0 saturated heterocycles. The van der Waals surface area contributed by atoms with Gasteiger partial charge in [0.05, 0.1) is 6.54 Å². The van der Waals surface area contributed by atoms with Gasteiger partial charge in [0.2, 0.25) is 5.91 Å². The monoisotopic (exact) mass is 321 g/mol. The first-order valence-corrected chi connectivity index (χ1v) is 5.04. The van der Waals surface area contributed by atoms with Gasteiger partial charge in [-0.2, -0.15) is 26.3 Å². The minimum Gasteiger partial charge on any atom is -0.349 e. The normalized spacial score (nSPS) is 15.5. The Kier molecular flexibility index (Phi) is 5.44. The molecule has 0 aliphatic heterocycles. The molecule has 0 aliphatic carbocycles. The number of rotatable bonds is 6. The van der Waals surface area contributed by atoms with Crippen LogP contribution in [0, 0.1) is 0 Å². The van der Waals surface area contributed by atoms with E-state index in [-0.39, 0.29) is 0 Å².